The van der Waals surface area contributed by atoms with Gasteiger partial charge in [0.05, 0.1) is 23.6 Å². The number of aryl methyl sites for hydroxylation is 1. The zero-order chi connectivity index (χ0) is 26.2. The smallest absolute Gasteiger partial charge is 0.246 e. The van der Waals surface area contributed by atoms with Gasteiger partial charge in [-0.1, -0.05) is 36.0 Å². The molecule has 1 unspecified atom stereocenters. The molecule has 9 heteroatoms. The van der Waals surface area contributed by atoms with Crippen LogP contribution in [0.4, 0.5) is 5.69 Å². The molecule has 0 aliphatic rings. The summed E-state index contributed by atoms with van der Waals surface area (Å²) in [5.74, 6) is 0.237. The molecule has 192 valence electrons. The highest BCUT2D eigenvalue weighted by Gasteiger charge is 2.22. The number of fused-ring (bicyclic) bond motifs is 1. The lowest BCUT2D eigenvalue weighted by Crippen LogP contribution is -2.44. The van der Waals surface area contributed by atoms with Crippen LogP contribution in [0.3, 0.4) is 0 Å². The van der Waals surface area contributed by atoms with Crippen molar-refractivity contribution in [2.24, 2.45) is 0 Å². The molecule has 0 aliphatic carbocycles. The largest absolute Gasteiger partial charge is 0.497 e. The third kappa shape index (κ3) is 7.48. The Hall–Kier alpha value is -3.03. The fourth-order valence-corrected chi connectivity index (χ4v) is 4.39. The number of nitrogens with one attached hydrogen (secondary N) is 3. The molecule has 3 aromatic rings. The van der Waals surface area contributed by atoms with Crippen LogP contribution < -0.4 is 15.4 Å². The van der Waals surface area contributed by atoms with Crippen LogP contribution in [0.5, 0.6) is 5.75 Å². The minimum absolute atomic E-state index is 0.111. The number of H-pyrrole nitrogens is 1. The van der Waals surface area contributed by atoms with E-state index in [1.165, 1.54) is 0 Å². The van der Waals surface area contributed by atoms with E-state index in [1.54, 1.807) is 32.2 Å². The number of Topliss-reactive ketones (excluding diaryl/α,β-unsaturated/α-hetero) is 1. The van der Waals surface area contributed by atoms with Crippen molar-refractivity contribution in [2.45, 2.75) is 58.4 Å². The summed E-state index contributed by atoms with van der Waals surface area (Å²) in [5, 5.41) is 7.33. The van der Waals surface area contributed by atoms with Gasteiger partial charge in [-0.15, -0.1) is 0 Å². The summed E-state index contributed by atoms with van der Waals surface area (Å²) in [4.78, 5) is 40.7. The molecular formula is C27H31Cl2N3O4. The summed E-state index contributed by atoms with van der Waals surface area (Å²) in [6, 6.07) is 9.74. The monoisotopic (exact) mass is 531 g/mol. The van der Waals surface area contributed by atoms with E-state index in [4.69, 9.17) is 27.9 Å². The van der Waals surface area contributed by atoms with Gasteiger partial charge in [0, 0.05) is 28.7 Å². The van der Waals surface area contributed by atoms with Gasteiger partial charge in [0.1, 0.15) is 17.6 Å². The van der Waals surface area contributed by atoms with Gasteiger partial charge in [0.2, 0.25) is 11.8 Å². The molecule has 0 saturated heterocycles. The van der Waals surface area contributed by atoms with Gasteiger partial charge in [-0.05, 0) is 68.7 Å². The summed E-state index contributed by atoms with van der Waals surface area (Å²) in [6.07, 6.45) is 3.29. The van der Waals surface area contributed by atoms with E-state index in [9.17, 15) is 14.4 Å². The fourth-order valence-electron chi connectivity index (χ4n) is 4.09. The third-order valence-corrected chi connectivity index (χ3v) is 6.76. The van der Waals surface area contributed by atoms with Crippen molar-refractivity contribution in [1.29, 1.82) is 0 Å². The van der Waals surface area contributed by atoms with Crippen LogP contribution >= 0.6 is 23.2 Å². The van der Waals surface area contributed by atoms with E-state index in [0.717, 1.165) is 35.0 Å². The highest BCUT2D eigenvalue weighted by Crippen LogP contribution is 2.27. The number of amides is 2. The van der Waals surface area contributed by atoms with E-state index in [1.807, 2.05) is 25.1 Å². The first-order chi connectivity index (χ1) is 17.2. The highest BCUT2D eigenvalue weighted by molar-refractivity contribution is 6.42. The molecule has 0 aliphatic heterocycles. The van der Waals surface area contributed by atoms with Crippen LogP contribution in [-0.2, 0) is 20.8 Å². The predicted octanol–water partition coefficient (Wildman–Crippen LogP) is 6.00. The van der Waals surface area contributed by atoms with Crippen LogP contribution in [-0.4, -0.2) is 35.7 Å². The number of ketones is 1. The first-order valence-corrected chi connectivity index (χ1v) is 12.6. The molecule has 36 heavy (non-hydrogen) atoms. The first kappa shape index (κ1) is 27.6. The number of carbonyl (C=O) groups excluding carboxylic acids is 3. The summed E-state index contributed by atoms with van der Waals surface area (Å²) in [6.45, 7) is 3.48. The minimum Gasteiger partial charge on any atom is -0.497 e. The molecule has 2 amide bonds. The van der Waals surface area contributed by atoms with Crippen molar-refractivity contribution in [2.75, 3.05) is 12.4 Å². The van der Waals surface area contributed by atoms with Gasteiger partial charge >= 0.3 is 0 Å². The summed E-state index contributed by atoms with van der Waals surface area (Å²) in [5.41, 5.74) is 3.14. The second-order valence-corrected chi connectivity index (χ2v) is 9.67. The van der Waals surface area contributed by atoms with Crippen LogP contribution in [0.2, 0.25) is 10.0 Å². The predicted molar refractivity (Wildman–Crippen MR) is 144 cm³/mol. The average Bonchev–Trinajstić information content (AvgIpc) is 3.14. The Bertz CT molecular complexity index is 1260. The van der Waals surface area contributed by atoms with Crippen molar-refractivity contribution in [3.8, 4) is 5.75 Å². The highest BCUT2D eigenvalue weighted by atomic mass is 35.5. The normalized spacial score (nSPS) is 11.8. The maximum Gasteiger partial charge on any atom is 0.246 e. The first-order valence-electron chi connectivity index (χ1n) is 11.9. The quantitative estimate of drug-likeness (QED) is 0.249. The number of rotatable bonds is 12. The number of carbonyl (C=O) groups is 3. The molecule has 1 heterocycles. The molecule has 1 atom stereocenters. The minimum atomic E-state index is -0.746. The number of aromatic amines is 1. The molecule has 3 rings (SSSR count). The van der Waals surface area contributed by atoms with Crippen molar-refractivity contribution in [3.05, 3.63) is 57.7 Å². The number of benzene rings is 2. The van der Waals surface area contributed by atoms with Gasteiger partial charge < -0.3 is 25.1 Å². The van der Waals surface area contributed by atoms with Crippen LogP contribution in [0.15, 0.2) is 36.4 Å². The van der Waals surface area contributed by atoms with Gasteiger partial charge in [-0.3, -0.25) is 9.59 Å². The molecule has 1 aromatic heterocycles. The molecule has 0 fully saturated rings. The number of anilines is 1. The SMILES string of the molecule is COc1ccc2[nH]c(C)c(CC(=O)NC(CCCCCC(C)=O)C(=O)Nc3ccc(Cl)c(Cl)c3)c2c1. The number of hydrogen-bond donors (Lipinski definition) is 3. The van der Waals surface area contributed by atoms with E-state index in [2.05, 4.69) is 15.6 Å². The maximum atomic E-state index is 13.1. The summed E-state index contributed by atoms with van der Waals surface area (Å²) < 4.78 is 5.33. The van der Waals surface area contributed by atoms with Crippen molar-refractivity contribution >= 4 is 57.4 Å². The Morgan fingerprint density at radius 1 is 1.03 bits per heavy atom. The molecule has 2 aromatic carbocycles. The lowest BCUT2D eigenvalue weighted by atomic mass is 10.0. The summed E-state index contributed by atoms with van der Waals surface area (Å²) >= 11 is 12.1. The molecule has 3 N–H and O–H groups in total. The number of ether oxygens (including phenoxy) is 1. The van der Waals surface area contributed by atoms with Crippen molar-refractivity contribution < 1.29 is 19.1 Å². The second-order valence-electron chi connectivity index (χ2n) is 8.86. The molecule has 0 saturated carbocycles. The zero-order valence-electron chi connectivity index (χ0n) is 20.7. The van der Waals surface area contributed by atoms with Gasteiger partial charge in [-0.2, -0.15) is 0 Å². The Balaban J connectivity index is 1.72. The van der Waals surface area contributed by atoms with Crippen molar-refractivity contribution in [3.63, 3.8) is 0 Å². The fraction of sp³-hybridized carbons (Fsp3) is 0.370. The summed E-state index contributed by atoms with van der Waals surface area (Å²) in [7, 11) is 1.60. The van der Waals surface area contributed by atoms with E-state index in [-0.39, 0.29) is 24.0 Å². The topological polar surface area (TPSA) is 100 Å². The standard InChI is InChI=1S/C27H31Cl2N3O4/c1-16(33)7-5-4-6-8-25(27(35)31-18-9-11-22(28)23(29)13-18)32-26(34)15-20-17(2)30-24-12-10-19(36-3)14-21(20)24/h9-14,25,30H,4-8,15H2,1-3H3,(H,31,35)(H,32,34). The molecule has 0 spiro atoms. The third-order valence-electron chi connectivity index (χ3n) is 6.02. The lowest BCUT2D eigenvalue weighted by molar-refractivity contribution is -0.126. The number of methoxy groups -OCH3 is 1. The molecule has 7 nitrogen and oxygen atoms in total. The average molecular weight is 532 g/mol. The van der Waals surface area contributed by atoms with Gasteiger partial charge in [-0.25, -0.2) is 0 Å². The number of halogens is 2. The van der Waals surface area contributed by atoms with Crippen LogP contribution in [0, 0.1) is 6.92 Å². The van der Waals surface area contributed by atoms with E-state index >= 15 is 0 Å². The Morgan fingerprint density at radius 2 is 1.81 bits per heavy atom. The lowest BCUT2D eigenvalue weighted by Gasteiger charge is -2.19. The molecular weight excluding hydrogens is 501 g/mol. The van der Waals surface area contributed by atoms with Crippen molar-refractivity contribution in [1.82, 2.24) is 10.3 Å². The Morgan fingerprint density at radius 3 is 2.50 bits per heavy atom. The number of hydrogen-bond acceptors (Lipinski definition) is 4. The zero-order valence-corrected chi connectivity index (χ0v) is 22.2. The van der Waals surface area contributed by atoms with Gasteiger partial charge in [0.15, 0.2) is 0 Å². The Labute approximate surface area is 220 Å². The number of aromatic nitrogens is 1. The molecule has 0 radical (unpaired) electrons. The van der Waals surface area contributed by atoms with Gasteiger partial charge in [0.25, 0.3) is 0 Å². The Kier molecular flexibility index (Phi) is 9.79. The molecule has 0 bridgehead atoms. The van der Waals surface area contributed by atoms with E-state index in [0.29, 0.717) is 40.7 Å². The maximum absolute atomic E-state index is 13.1. The number of unbranched alkanes of at least 4 members (excludes halogenated alkanes) is 2. The second kappa shape index (κ2) is 12.8. The van der Waals surface area contributed by atoms with Crippen LogP contribution in [0.25, 0.3) is 10.9 Å². The van der Waals surface area contributed by atoms with E-state index < -0.39 is 6.04 Å². The van der Waals surface area contributed by atoms with Crippen LogP contribution in [0.1, 0.15) is 50.3 Å².